The third kappa shape index (κ3) is 3.13. The summed E-state index contributed by atoms with van der Waals surface area (Å²) in [5.41, 5.74) is 3.27. The van der Waals surface area contributed by atoms with Gasteiger partial charge >= 0.3 is 0 Å². The highest BCUT2D eigenvalue weighted by Crippen LogP contribution is 2.37. The molecule has 6 nitrogen and oxygen atoms in total. The number of fused-ring (bicyclic) bond motifs is 1. The molecule has 0 saturated heterocycles. The van der Waals surface area contributed by atoms with E-state index < -0.39 is 12.0 Å². The number of nitrogens with one attached hydrogen (secondary N) is 2. The van der Waals surface area contributed by atoms with Gasteiger partial charge in [-0.3, -0.25) is 4.79 Å². The van der Waals surface area contributed by atoms with E-state index in [4.69, 9.17) is 0 Å². The van der Waals surface area contributed by atoms with E-state index in [2.05, 4.69) is 20.7 Å². The molecule has 28 heavy (non-hydrogen) atoms. The monoisotopic (exact) mass is 379 g/mol. The molecule has 0 radical (unpaired) electrons. The molecule has 144 valence electrons. The number of halogens is 1. The molecule has 4 rings (SSSR count). The van der Waals surface area contributed by atoms with Crippen molar-refractivity contribution in [1.82, 2.24) is 14.8 Å². The predicted octanol–water partition coefficient (Wildman–Crippen LogP) is 3.69. The summed E-state index contributed by atoms with van der Waals surface area (Å²) in [7, 11) is 0. The van der Waals surface area contributed by atoms with E-state index in [1.807, 2.05) is 39.0 Å². The summed E-state index contributed by atoms with van der Waals surface area (Å²) < 4.78 is 16.2. The number of hydrogen-bond donors (Lipinski definition) is 2. The zero-order valence-corrected chi connectivity index (χ0v) is 16.0. The van der Waals surface area contributed by atoms with Gasteiger partial charge in [-0.1, -0.05) is 35.9 Å². The predicted molar refractivity (Wildman–Crippen MR) is 106 cm³/mol. The Balaban J connectivity index is 1.75. The van der Waals surface area contributed by atoms with Crippen LogP contribution in [-0.4, -0.2) is 26.7 Å². The van der Waals surface area contributed by atoms with Crippen LogP contribution >= 0.6 is 0 Å². The molecule has 7 heteroatoms. The van der Waals surface area contributed by atoms with E-state index >= 15 is 0 Å². The van der Waals surface area contributed by atoms with Crippen LogP contribution in [0, 0.1) is 25.6 Å². The molecule has 1 aromatic heterocycles. The van der Waals surface area contributed by atoms with Crippen molar-refractivity contribution in [2.24, 2.45) is 5.92 Å². The van der Waals surface area contributed by atoms with Crippen LogP contribution in [-0.2, 0) is 4.79 Å². The number of rotatable bonds is 3. The van der Waals surface area contributed by atoms with Gasteiger partial charge in [-0.2, -0.15) is 10.1 Å². The van der Waals surface area contributed by atoms with Gasteiger partial charge in [-0.15, -0.1) is 0 Å². The van der Waals surface area contributed by atoms with Crippen molar-refractivity contribution in [3.05, 3.63) is 71.3 Å². The maximum atomic E-state index is 14.7. The maximum absolute atomic E-state index is 14.7. The number of benzene rings is 2. The quantitative estimate of drug-likeness (QED) is 0.728. The van der Waals surface area contributed by atoms with Gasteiger partial charge in [-0.25, -0.2) is 9.07 Å². The summed E-state index contributed by atoms with van der Waals surface area (Å²) in [6.07, 6.45) is 1.41. The van der Waals surface area contributed by atoms with Crippen LogP contribution in [0.1, 0.15) is 29.7 Å². The summed E-state index contributed by atoms with van der Waals surface area (Å²) in [5, 5.41) is 10.5. The second-order valence-electron chi connectivity index (χ2n) is 7.26. The van der Waals surface area contributed by atoms with Crippen molar-refractivity contribution < 1.29 is 9.18 Å². The van der Waals surface area contributed by atoms with Gasteiger partial charge in [0.05, 0.1) is 12.0 Å². The van der Waals surface area contributed by atoms with E-state index in [9.17, 15) is 9.18 Å². The number of aryl methyl sites for hydroxylation is 2. The number of aromatic nitrogens is 3. The molecule has 1 amide bonds. The van der Waals surface area contributed by atoms with Crippen molar-refractivity contribution in [2.45, 2.75) is 32.9 Å². The molecule has 0 spiro atoms. The summed E-state index contributed by atoms with van der Waals surface area (Å²) >= 11 is 0. The minimum absolute atomic E-state index is 0.193. The molecule has 3 atom stereocenters. The summed E-state index contributed by atoms with van der Waals surface area (Å²) in [6, 6.07) is 11.5. The van der Waals surface area contributed by atoms with Gasteiger partial charge in [0.2, 0.25) is 11.9 Å². The van der Waals surface area contributed by atoms with Gasteiger partial charge in [-0.05, 0) is 38.5 Å². The van der Waals surface area contributed by atoms with Crippen molar-refractivity contribution in [2.75, 3.05) is 10.6 Å². The first-order valence-electron chi connectivity index (χ1n) is 9.24. The molecular weight excluding hydrogens is 357 g/mol. The lowest BCUT2D eigenvalue weighted by Gasteiger charge is -2.37. The average molecular weight is 379 g/mol. The first-order chi connectivity index (χ1) is 13.5. The van der Waals surface area contributed by atoms with Gasteiger partial charge in [0.1, 0.15) is 12.1 Å². The molecule has 0 bridgehead atoms. The lowest BCUT2D eigenvalue weighted by Crippen LogP contribution is -2.47. The molecule has 0 fully saturated rings. The Labute approximate surface area is 162 Å². The zero-order valence-electron chi connectivity index (χ0n) is 16.0. The molecule has 2 N–H and O–H groups in total. The Morgan fingerprint density at radius 3 is 2.75 bits per heavy atom. The van der Waals surface area contributed by atoms with E-state index in [1.54, 1.807) is 22.9 Å². The van der Waals surface area contributed by atoms with Crippen LogP contribution in [0.15, 0.2) is 48.8 Å². The topological polar surface area (TPSA) is 71.8 Å². The van der Waals surface area contributed by atoms with Gasteiger partial charge in [0, 0.05) is 17.3 Å². The lowest BCUT2D eigenvalue weighted by molar-refractivity contribution is -0.121. The average Bonchev–Trinajstić information content (AvgIpc) is 3.11. The number of hydrogen-bond acceptors (Lipinski definition) is 4. The fraction of sp³-hybridized carbons (Fsp3) is 0.286. The number of carbonyl (C=O) groups is 1. The standard InChI is InChI=1S/C21H22FN5O/c1-12-8-9-17(13(2)10-12)26-20(28)18-14(3)25-21-23-11-24-27(21)19(18)15-6-4-5-7-16(15)22/h4-11,14,18-19H,1-3H3,(H,26,28)(H,23,24,25)/t14-,18-,19+/m0/s1. The number of nitrogens with zero attached hydrogens (tertiary/aromatic N) is 3. The first kappa shape index (κ1) is 18.2. The van der Waals surface area contributed by atoms with E-state index in [0.29, 0.717) is 11.5 Å². The molecule has 1 aliphatic rings. The fourth-order valence-electron chi connectivity index (χ4n) is 3.86. The van der Waals surface area contributed by atoms with Crippen molar-refractivity contribution in [1.29, 1.82) is 0 Å². The number of carbonyl (C=O) groups excluding carboxylic acids is 1. The molecule has 3 aromatic rings. The molecule has 2 heterocycles. The van der Waals surface area contributed by atoms with Crippen LogP contribution in [0.4, 0.5) is 16.0 Å². The minimum atomic E-state index is -0.597. The summed E-state index contributed by atoms with van der Waals surface area (Å²) in [4.78, 5) is 17.5. The normalized spacial score (nSPS) is 20.9. The van der Waals surface area contributed by atoms with Gasteiger partial charge in [0.25, 0.3) is 0 Å². The second-order valence-corrected chi connectivity index (χ2v) is 7.26. The Hall–Kier alpha value is -3.22. The Bertz CT molecular complexity index is 1030. The third-order valence-electron chi connectivity index (χ3n) is 5.24. The Kier molecular flexibility index (Phi) is 4.58. The van der Waals surface area contributed by atoms with Crippen molar-refractivity contribution in [3.8, 4) is 0 Å². The summed E-state index contributed by atoms with van der Waals surface area (Å²) in [5.74, 6) is -0.614. The van der Waals surface area contributed by atoms with E-state index in [0.717, 1.165) is 16.8 Å². The molecule has 0 aliphatic carbocycles. The van der Waals surface area contributed by atoms with Crippen molar-refractivity contribution in [3.63, 3.8) is 0 Å². The third-order valence-corrected chi connectivity index (χ3v) is 5.24. The fourth-order valence-corrected chi connectivity index (χ4v) is 3.86. The number of anilines is 2. The highest BCUT2D eigenvalue weighted by molar-refractivity contribution is 5.94. The van der Waals surface area contributed by atoms with Crippen LogP contribution in [0.25, 0.3) is 0 Å². The van der Waals surface area contributed by atoms with E-state index in [1.165, 1.54) is 12.4 Å². The summed E-state index contributed by atoms with van der Waals surface area (Å²) in [6.45, 7) is 5.86. The first-order valence-corrected chi connectivity index (χ1v) is 9.24. The minimum Gasteiger partial charge on any atom is -0.351 e. The highest BCUT2D eigenvalue weighted by Gasteiger charge is 2.42. The highest BCUT2D eigenvalue weighted by atomic mass is 19.1. The molecule has 2 aromatic carbocycles. The SMILES string of the molecule is Cc1ccc(NC(=O)[C@H]2[C@H](C)Nc3ncnn3[C@@H]2c2ccccc2F)c(C)c1. The van der Waals surface area contributed by atoms with Crippen molar-refractivity contribution >= 4 is 17.5 Å². The maximum Gasteiger partial charge on any atom is 0.232 e. The Morgan fingerprint density at radius 2 is 2.00 bits per heavy atom. The Morgan fingerprint density at radius 1 is 1.21 bits per heavy atom. The van der Waals surface area contributed by atoms with Crippen LogP contribution in [0.5, 0.6) is 0 Å². The molecule has 0 unspecified atom stereocenters. The molecule has 1 aliphatic heterocycles. The molecular formula is C21H22FN5O. The van der Waals surface area contributed by atoms with Crippen LogP contribution in [0.2, 0.25) is 0 Å². The van der Waals surface area contributed by atoms with E-state index in [-0.39, 0.29) is 17.8 Å². The van der Waals surface area contributed by atoms with Crippen LogP contribution < -0.4 is 10.6 Å². The largest absolute Gasteiger partial charge is 0.351 e. The van der Waals surface area contributed by atoms with Crippen LogP contribution in [0.3, 0.4) is 0 Å². The number of amides is 1. The zero-order chi connectivity index (χ0) is 19.8. The molecule has 0 saturated carbocycles. The smallest absolute Gasteiger partial charge is 0.232 e. The second kappa shape index (κ2) is 7.07. The van der Waals surface area contributed by atoms with Gasteiger partial charge < -0.3 is 10.6 Å². The van der Waals surface area contributed by atoms with Gasteiger partial charge in [0.15, 0.2) is 0 Å². The lowest BCUT2D eigenvalue weighted by atomic mass is 9.85.